The summed E-state index contributed by atoms with van der Waals surface area (Å²) in [6.45, 7) is 1.30. The van der Waals surface area contributed by atoms with Crippen LogP contribution in [0.25, 0.3) is 10.2 Å². The summed E-state index contributed by atoms with van der Waals surface area (Å²) < 4.78 is 18.9. The highest BCUT2D eigenvalue weighted by Gasteiger charge is 2.17. The van der Waals surface area contributed by atoms with Gasteiger partial charge in [-0.2, -0.15) is 4.99 Å². The number of aryl methyl sites for hydroxylation is 1. The van der Waals surface area contributed by atoms with Crippen LogP contribution in [0.3, 0.4) is 0 Å². The average Bonchev–Trinajstić information content (AvgIpc) is 3.11. The molecule has 0 aliphatic carbocycles. The normalized spacial score (nSPS) is 13.3. The lowest BCUT2D eigenvalue weighted by molar-refractivity contribution is -0.140. The molecule has 1 amide bonds. The van der Waals surface area contributed by atoms with E-state index >= 15 is 0 Å². The van der Waals surface area contributed by atoms with Crippen molar-refractivity contribution in [2.24, 2.45) is 4.99 Å². The quantitative estimate of drug-likeness (QED) is 0.567. The first-order valence-corrected chi connectivity index (χ1v) is 10.6. The van der Waals surface area contributed by atoms with E-state index in [1.165, 1.54) is 18.4 Å². The van der Waals surface area contributed by atoms with Crippen molar-refractivity contribution in [1.29, 1.82) is 0 Å². The van der Waals surface area contributed by atoms with Crippen molar-refractivity contribution in [3.63, 3.8) is 0 Å². The topological polar surface area (TPSA) is 82.4 Å². The zero-order valence-corrected chi connectivity index (χ0v) is 18.4. The number of esters is 1. The van der Waals surface area contributed by atoms with E-state index in [2.05, 4.69) is 4.99 Å². The molecule has 4 rings (SSSR count). The molecule has 0 N–H and O–H groups in total. The molecule has 3 aromatic rings. The summed E-state index contributed by atoms with van der Waals surface area (Å²) in [6, 6.07) is 11.0. The smallest absolute Gasteiger partial charge is 0.307 e. The van der Waals surface area contributed by atoms with Crippen LogP contribution < -0.4 is 19.2 Å². The maximum absolute atomic E-state index is 12.8. The zero-order valence-electron chi connectivity index (χ0n) is 17.6. The maximum atomic E-state index is 12.8. The van der Waals surface area contributed by atoms with E-state index in [0.29, 0.717) is 41.6 Å². The fourth-order valence-corrected chi connectivity index (χ4v) is 4.33. The van der Waals surface area contributed by atoms with Crippen LogP contribution in [0.5, 0.6) is 11.5 Å². The molecule has 0 unspecified atom stereocenters. The lowest BCUT2D eigenvalue weighted by Gasteiger charge is -2.18. The third kappa shape index (κ3) is 4.41. The summed E-state index contributed by atoms with van der Waals surface area (Å²) in [7, 11) is 5.23. The number of methoxy groups -OCH3 is 1. The van der Waals surface area contributed by atoms with Crippen molar-refractivity contribution in [2.45, 2.75) is 13.0 Å². The number of carbonyl (C=O) groups excluding carboxylic acids is 2. The molecule has 1 aliphatic heterocycles. The van der Waals surface area contributed by atoms with Crippen LogP contribution >= 0.6 is 11.3 Å². The molecule has 0 spiro atoms. The number of aromatic nitrogens is 1. The van der Waals surface area contributed by atoms with E-state index in [4.69, 9.17) is 14.2 Å². The number of benzene rings is 2. The third-order valence-electron chi connectivity index (χ3n) is 4.94. The Morgan fingerprint density at radius 2 is 1.81 bits per heavy atom. The minimum atomic E-state index is -0.346. The summed E-state index contributed by atoms with van der Waals surface area (Å²) in [5, 5.41) is 0. The Morgan fingerprint density at radius 3 is 2.45 bits per heavy atom. The highest BCUT2D eigenvalue weighted by Crippen LogP contribution is 2.35. The van der Waals surface area contributed by atoms with E-state index < -0.39 is 0 Å². The van der Waals surface area contributed by atoms with Crippen LogP contribution in [0.15, 0.2) is 41.4 Å². The summed E-state index contributed by atoms with van der Waals surface area (Å²) in [6.07, 6.45) is 0.162. The summed E-state index contributed by atoms with van der Waals surface area (Å²) in [5.74, 6) is 0.625. The lowest BCUT2D eigenvalue weighted by Crippen LogP contribution is -2.19. The molecule has 1 aromatic heterocycles. The van der Waals surface area contributed by atoms with Crippen LogP contribution in [0.2, 0.25) is 0 Å². The predicted octanol–water partition coefficient (Wildman–Crippen LogP) is 2.84. The van der Waals surface area contributed by atoms with Crippen molar-refractivity contribution in [1.82, 2.24) is 4.57 Å². The maximum Gasteiger partial charge on any atom is 0.307 e. The van der Waals surface area contributed by atoms with E-state index in [0.717, 1.165) is 15.9 Å². The molecule has 0 radical (unpaired) electrons. The summed E-state index contributed by atoms with van der Waals surface area (Å²) in [5.41, 5.74) is 2.32. The number of ether oxygens (including phenoxy) is 3. The molecule has 2 aromatic carbocycles. The molecule has 2 heterocycles. The molecular formula is C22H23N3O5S. The SMILES string of the molecule is COC(=O)CCn1c(=NC(=O)c2ccc(N(C)C)cc2)sc2cc3c(cc21)OCCO3. The van der Waals surface area contributed by atoms with Gasteiger partial charge in [-0.3, -0.25) is 9.59 Å². The number of carbonyl (C=O) groups is 2. The Labute approximate surface area is 183 Å². The number of nitrogens with zero attached hydrogens (tertiary/aromatic N) is 3. The molecule has 0 fully saturated rings. The fourth-order valence-electron chi connectivity index (χ4n) is 3.27. The highest BCUT2D eigenvalue weighted by atomic mass is 32.1. The van der Waals surface area contributed by atoms with Gasteiger partial charge in [0.05, 0.1) is 23.7 Å². The second-order valence-electron chi connectivity index (χ2n) is 7.18. The molecule has 31 heavy (non-hydrogen) atoms. The van der Waals surface area contributed by atoms with Gasteiger partial charge in [-0.05, 0) is 24.3 Å². The minimum Gasteiger partial charge on any atom is -0.486 e. The molecule has 9 heteroatoms. The molecule has 0 saturated heterocycles. The zero-order chi connectivity index (χ0) is 22.0. The highest BCUT2D eigenvalue weighted by molar-refractivity contribution is 7.16. The van der Waals surface area contributed by atoms with Gasteiger partial charge in [-0.15, -0.1) is 0 Å². The first-order valence-electron chi connectivity index (χ1n) is 9.82. The van der Waals surface area contributed by atoms with Gasteiger partial charge in [0.1, 0.15) is 13.2 Å². The van der Waals surface area contributed by atoms with Crippen LogP contribution in [-0.2, 0) is 16.1 Å². The number of anilines is 1. The monoisotopic (exact) mass is 441 g/mol. The van der Waals surface area contributed by atoms with Gasteiger partial charge in [0.25, 0.3) is 5.91 Å². The second-order valence-corrected chi connectivity index (χ2v) is 8.19. The van der Waals surface area contributed by atoms with Crippen molar-refractivity contribution in [2.75, 3.05) is 39.3 Å². The van der Waals surface area contributed by atoms with Gasteiger partial charge in [-0.25, -0.2) is 0 Å². The molecular weight excluding hydrogens is 418 g/mol. The number of amides is 1. The number of thiazole rings is 1. The van der Waals surface area contributed by atoms with Crippen molar-refractivity contribution in [3.8, 4) is 11.5 Å². The van der Waals surface area contributed by atoms with E-state index in [9.17, 15) is 9.59 Å². The van der Waals surface area contributed by atoms with E-state index in [-0.39, 0.29) is 18.3 Å². The average molecular weight is 442 g/mol. The molecule has 0 bridgehead atoms. The molecule has 8 nitrogen and oxygen atoms in total. The summed E-state index contributed by atoms with van der Waals surface area (Å²) in [4.78, 5) is 31.4. The van der Waals surface area contributed by atoms with Gasteiger partial charge in [0.2, 0.25) is 0 Å². The number of hydrogen-bond acceptors (Lipinski definition) is 7. The first-order chi connectivity index (χ1) is 15.0. The van der Waals surface area contributed by atoms with Crippen molar-refractivity contribution >= 4 is 39.1 Å². The van der Waals surface area contributed by atoms with Gasteiger partial charge in [-0.1, -0.05) is 11.3 Å². The predicted molar refractivity (Wildman–Crippen MR) is 118 cm³/mol. The molecule has 1 aliphatic rings. The minimum absolute atomic E-state index is 0.162. The number of fused-ring (bicyclic) bond motifs is 2. The Morgan fingerprint density at radius 1 is 1.13 bits per heavy atom. The van der Waals surface area contributed by atoms with Gasteiger partial charge in [0.15, 0.2) is 16.3 Å². The fraction of sp³-hybridized carbons (Fsp3) is 0.318. The van der Waals surface area contributed by atoms with Crippen LogP contribution in [0.4, 0.5) is 5.69 Å². The van der Waals surface area contributed by atoms with Crippen LogP contribution in [-0.4, -0.2) is 50.9 Å². The molecule has 0 saturated carbocycles. The third-order valence-corrected chi connectivity index (χ3v) is 5.98. The van der Waals surface area contributed by atoms with E-state index in [1.807, 2.05) is 47.8 Å². The molecule has 0 atom stereocenters. The summed E-state index contributed by atoms with van der Waals surface area (Å²) >= 11 is 1.37. The first kappa shape index (κ1) is 20.9. The van der Waals surface area contributed by atoms with E-state index in [1.54, 1.807) is 12.1 Å². The Kier molecular flexibility index (Phi) is 5.94. The molecule has 162 valence electrons. The van der Waals surface area contributed by atoms with Gasteiger partial charge < -0.3 is 23.7 Å². The van der Waals surface area contributed by atoms with Crippen molar-refractivity contribution < 1.29 is 23.8 Å². The van der Waals surface area contributed by atoms with Gasteiger partial charge >= 0.3 is 5.97 Å². The second kappa shape index (κ2) is 8.81. The van der Waals surface area contributed by atoms with Crippen molar-refractivity contribution in [3.05, 3.63) is 46.8 Å². The lowest BCUT2D eigenvalue weighted by atomic mass is 10.2. The Balaban J connectivity index is 1.77. The Hall–Kier alpha value is -3.33. The number of rotatable bonds is 5. The largest absolute Gasteiger partial charge is 0.486 e. The Bertz CT molecular complexity index is 1190. The van der Waals surface area contributed by atoms with Crippen LogP contribution in [0, 0.1) is 0 Å². The number of hydrogen-bond donors (Lipinski definition) is 0. The van der Waals surface area contributed by atoms with Gasteiger partial charge in [0, 0.05) is 44.0 Å². The van der Waals surface area contributed by atoms with Crippen LogP contribution in [0.1, 0.15) is 16.8 Å². The standard InChI is InChI=1S/C22H23N3O5S/c1-24(2)15-6-4-14(5-7-15)21(27)23-22-25(9-8-20(26)28-3)16-12-17-18(13-19(16)31-22)30-11-10-29-17/h4-7,12-13H,8-11H2,1-3H3.